The first-order valence-corrected chi connectivity index (χ1v) is 23.8. The zero-order chi connectivity index (χ0) is 36.1. The lowest BCUT2D eigenvalue weighted by Gasteiger charge is -2.34. The molecule has 4 atom stereocenters. The van der Waals surface area contributed by atoms with E-state index in [1.54, 1.807) is 24.3 Å². The lowest BCUT2D eigenvalue weighted by Crippen LogP contribution is -2.42. The van der Waals surface area contributed by atoms with E-state index in [1.807, 2.05) is 54.6 Å². The number of amides is 2. The quantitative estimate of drug-likeness (QED) is 0.131. The van der Waals surface area contributed by atoms with Crippen LogP contribution in [0.15, 0.2) is 103 Å². The largest absolute Gasteiger partial charge is 0.544 e. The Morgan fingerprint density at radius 3 is 2.10 bits per heavy atom. The molecule has 7 nitrogen and oxygen atoms in total. The first kappa shape index (κ1) is 36.9. The van der Waals surface area contributed by atoms with Crippen molar-refractivity contribution in [3.05, 3.63) is 131 Å². The molecule has 0 spiro atoms. The third-order valence-electron chi connectivity index (χ3n) is 8.30. The van der Waals surface area contributed by atoms with Gasteiger partial charge < -0.3 is 18.9 Å². The third-order valence-corrected chi connectivity index (χ3v) is 10.1. The van der Waals surface area contributed by atoms with Crippen molar-refractivity contribution in [1.29, 1.82) is 0 Å². The fourth-order valence-electron chi connectivity index (χ4n) is 6.20. The second-order valence-corrected chi connectivity index (χ2v) is 23.5. The highest BCUT2D eigenvalue weighted by molar-refractivity contribution is 6.70. The minimum atomic E-state index is -2.12. The molecule has 1 aliphatic rings. The fraction of sp³-hybridized carbons (Fsp3) is 0.333. The van der Waals surface area contributed by atoms with Crippen LogP contribution in [0, 0.1) is 17.6 Å². The standard InChI is InChI=1S/C39H46F2N2O5Si2/c1-49(2,3)47-33-21-17-29(18-22-33)37(42-32-14-10-13-31(41)25-32)34(23-24-36(48-50(4,5)6)28-15-19-30(40)20-16-28)38(44)43-35(26-46-39(43)45)27-11-8-7-9-12-27/h7-22,25,34-37,42H,23-24,26H2,1-6H3/t34-,35+,36+,37+/m1/s1. The second-order valence-electron chi connectivity index (χ2n) is 14.6. The Balaban J connectivity index is 1.59. The van der Waals surface area contributed by atoms with E-state index in [9.17, 15) is 18.4 Å². The number of carbonyl (C=O) groups is 2. The lowest BCUT2D eigenvalue weighted by atomic mass is 9.85. The number of ether oxygens (including phenoxy) is 1. The summed E-state index contributed by atoms with van der Waals surface area (Å²) in [7, 11) is -4.02. The van der Waals surface area contributed by atoms with Gasteiger partial charge in [-0.25, -0.2) is 18.5 Å². The topological polar surface area (TPSA) is 77.1 Å². The molecule has 0 saturated carbocycles. The number of carbonyl (C=O) groups excluding carboxylic acids is 2. The molecule has 1 saturated heterocycles. The van der Waals surface area contributed by atoms with Crippen LogP contribution in [0.1, 0.15) is 47.7 Å². The molecule has 5 rings (SSSR count). The molecule has 1 N–H and O–H groups in total. The van der Waals surface area contributed by atoms with E-state index in [4.69, 9.17) is 13.6 Å². The summed E-state index contributed by atoms with van der Waals surface area (Å²) in [5.74, 6) is -1.33. The summed E-state index contributed by atoms with van der Waals surface area (Å²) in [6.07, 6.45) is -0.485. The highest BCUT2D eigenvalue weighted by Gasteiger charge is 2.44. The van der Waals surface area contributed by atoms with Gasteiger partial charge in [0.25, 0.3) is 0 Å². The van der Waals surface area contributed by atoms with Crippen LogP contribution in [-0.4, -0.2) is 40.1 Å². The van der Waals surface area contributed by atoms with E-state index < -0.39 is 58.6 Å². The van der Waals surface area contributed by atoms with E-state index in [0.717, 1.165) is 16.7 Å². The number of anilines is 1. The first-order chi connectivity index (χ1) is 23.7. The van der Waals surface area contributed by atoms with Crippen LogP contribution in [0.2, 0.25) is 39.3 Å². The molecular formula is C39H46F2N2O5Si2. The minimum Gasteiger partial charge on any atom is -0.544 e. The van der Waals surface area contributed by atoms with Crippen molar-refractivity contribution < 1.29 is 32.0 Å². The normalized spacial score (nSPS) is 16.8. The van der Waals surface area contributed by atoms with Crippen LogP contribution in [0.5, 0.6) is 5.75 Å². The molecule has 11 heteroatoms. The van der Waals surface area contributed by atoms with Crippen molar-refractivity contribution in [3.63, 3.8) is 0 Å². The summed E-state index contributed by atoms with van der Waals surface area (Å²) in [4.78, 5) is 29.5. The summed E-state index contributed by atoms with van der Waals surface area (Å²) in [5, 5.41) is 3.44. The lowest BCUT2D eigenvalue weighted by molar-refractivity contribution is -0.134. The van der Waals surface area contributed by atoms with Crippen LogP contribution >= 0.6 is 0 Å². The first-order valence-electron chi connectivity index (χ1n) is 17.0. The molecule has 50 heavy (non-hydrogen) atoms. The van der Waals surface area contributed by atoms with E-state index in [-0.39, 0.29) is 18.8 Å². The Morgan fingerprint density at radius 2 is 1.48 bits per heavy atom. The Bertz CT molecular complexity index is 1750. The van der Waals surface area contributed by atoms with Crippen LogP contribution < -0.4 is 9.74 Å². The summed E-state index contributed by atoms with van der Waals surface area (Å²) < 4.78 is 46.8. The van der Waals surface area contributed by atoms with Crippen molar-refractivity contribution in [2.45, 2.75) is 70.3 Å². The molecule has 4 aromatic carbocycles. The number of halogens is 2. The molecule has 0 aliphatic carbocycles. The molecule has 1 heterocycles. The zero-order valence-electron chi connectivity index (χ0n) is 29.5. The number of benzene rings is 4. The summed E-state index contributed by atoms with van der Waals surface area (Å²) in [6.45, 7) is 12.6. The molecule has 0 radical (unpaired) electrons. The Hall–Kier alpha value is -4.33. The summed E-state index contributed by atoms with van der Waals surface area (Å²) in [5.41, 5.74) is 2.81. The van der Waals surface area contributed by atoms with Gasteiger partial charge in [0.2, 0.25) is 14.2 Å². The van der Waals surface area contributed by atoms with Gasteiger partial charge in [0.1, 0.15) is 30.0 Å². The predicted octanol–water partition coefficient (Wildman–Crippen LogP) is 10.0. The van der Waals surface area contributed by atoms with Crippen LogP contribution in [-0.2, 0) is 14.0 Å². The average molecular weight is 717 g/mol. The van der Waals surface area contributed by atoms with Gasteiger partial charge in [0, 0.05) is 5.69 Å². The average Bonchev–Trinajstić information content (AvgIpc) is 3.44. The van der Waals surface area contributed by atoms with Crippen molar-refractivity contribution in [1.82, 2.24) is 4.90 Å². The van der Waals surface area contributed by atoms with E-state index in [0.29, 0.717) is 17.9 Å². The SMILES string of the molecule is C[Si](C)(C)Oc1ccc([C@H](Nc2cccc(F)c2)[C@@H](CC[C@H](O[Si](C)(C)C)c2ccc(F)cc2)C(=O)N2C(=O)OC[C@H]2c2ccccc2)cc1. The molecule has 1 aliphatic heterocycles. The maximum absolute atomic E-state index is 15.0. The second kappa shape index (κ2) is 15.7. The van der Waals surface area contributed by atoms with Crippen LogP contribution in [0.4, 0.5) is 19.3 Å². The number of hydrogen-bond acceptors (Lipinski definition) is 6. The van der Waals surface area contributed by atoms with Gasteiger partial charge in [0.15, 0.2) is 8.32 Å². The van der Waals surface area contributed by atoms with Gasteiger partial charge in [-0.2, -0.15) is 0 Å². The van der Waals surface area contributed by atoms with Gasteiger partial charge in [-0.05, 0) is 111 Å². The molecule has 2 amide bonds. The maximum atomic E-state index is 15.0. The number of hydrogen-bond donors (Lipinski definition) is 1. The predicted molar refractivity (Wildman–Crippen MR) is 197 cm³/mol. The minimum absolute atomic E-state index is 0.0307. The molecule has 4 aromatic rings. The number of nitrogens with zero attached hydrogens (tertiary/aromatic N) is 1. The van der Waals surface area contributed by atoms with E-state index in [1.165, 1.54) is 29.2 Å². The monoisotopic (exact) mass is 716 g/mol. The van der Waals surface area contributed by atoms with Crippen molar-refractivity contribution in [3.8, 4) is 5.75 Å². The fourth-order valence-corrected chi connectivity index (χ4v) is 8.15. The molecule has 1 fully saturated rings. The number of nitrogens with one attached hydrogen (secondary N) is 1. The Kier molecular flexibility index (Phi) is 11.6. The molecule has 0 bridgehead atoms. The zero-order valence-corrected chi connectivity index (χ0v) is 31.5. The van der Waals surface area contributed by atoms with E-state index >= 15 is 0 Å². The van der Waals surface area contributed by atoms with Crippen molar-refractivity contribution in [2.75, 3.05) is 11.9 Å². The van der Waals surface area contributed by atoms with Gasteiger partial charge in [-0.3, -0.25) is 4.79 Å². The van der Waals surface area contributed by atoms with Crippen LogP contribution in [0.25, 0.3) is 0 Å². The van der Waals surface area contributed by atoms with Gasteiger partial charge in [0.05, 0.1) is 18.1 Å². The smallest absolute Gasteiger partial charge is 0.417 e. The van der Waals surface area contributed by atoms with Crippen molar-refractivity contribution >= 4 is 34.3 Å². The molecule has 0 aromatic heterocycles. The summed E-state index contributed by atoms with van der Waals surface area (Å²) in [6, 6.07) is 27.9. The van der Waals surface area contributed by atoms with Gasteiger partial charge in [-0.1, -0.05) is 60.7 Å². The van der Waals surface area contributed by atoms with Gasteiger partial charge in [-0.15, -0.1) is 0 Å². The Labute approximate surface area is 295 Å². The number of cyclic esters (lactones) is 1. The Morgan fingerprint density at radius 1 is 0.820 bits per heavy atom. The highest BCUT2D eigenvalue weighted by Crippen LogP contribution is 2.39. The van der Waals surface area contributed by atoms with Gasteiger partial charge >= 0.3 is 6.09 Å². The summed E-state index contributed by atoms with van der Waals surface area (Å²) >= 11 is 0. The maximum Gasteiger partial charge on any atom is 0.417 e. The number of imide groups is 1. The van der Waals surface area contributed by atoms with Crippen molar-refractivity contribution in [2.24, 2.45) is 5.92 Å². The molecular weight excluding hydrogens is 671 g/mol. The van der Waals surface area contributed by atoms with Crippen LogP contribution in [0.3, 0.4) is 0 Å². The van der Waals surface area contributed by atoms with E-state index in [2.05, 4.69) is 44.6 Å². The molecule has 0 unspecified atom stereocenters. The third kappa shape index (κ3) is 9.89. The number of rotatable bonds is 14. The highest BCUT2D eigenvalue weighted by atomic mass is 28.4. The molecule has 264 valence electrons.